The van der Waals surface area contributed by atoms with Gasteiger partial charge in [0.2, 0.25) is 0 Å². The molecule has 3 nitrogen and oxygen atoms in total. The van der Waals surface area contributed by atoms with Gasteiger partial charge in [-0.15, -0.1) is 0 Å². The lowest BCUT2D eigenvalue weighted by molar-refractivity contribution is 0.669. The maximum absolute atomic E-state index is 6.43. The molecule has 0 spiro atoms. The van der Waals surface area contributed by atoms with Crippen LogP contribution in [0.1, 0.15) is 0 Å². The molecule has 0 saturated heterocycles. The maximum Gasteiger partial charge on any atom is 0.179 e. The fourth-order valence-electron chi connectivity index (χ4n) is 9.78. The van der Waals surface area contributed by atoms with E-state index in [-0.39, 0.29) is 0 Å². The number of hydrogen-bond donors (Lipinski definition) is 0. The zero-order valence-electron chi connectivity index (χ0n) is 31.6. The van der Waals surface area contributed by atoms with Crippen LogP contribution in [0.4, 0.5) is 0 Å². The number of rotatable bonds is 6. The summed E-state index contributed by atoms with van der Waals surface area (Å²) in [7, 11) is -2.89. The van der Waals surface area contributed by atoms with Gasteiger partial charge in [0, 0.05) is 49.8 Å². The molecule has 272 valence electrons. The summed E-state index contributed by atoms with van der Waals surface area (Å²) in [5, 5.41) is 12.6. The molecular formula is C54H36N2OSi. The topological polar surface area (TPSA) is 23.0 Å². The minimum atomic E-state index is -2.89. The molecule has 3 heterocycles. The van der Waals surface area contributed by atoms with Crippen LogP contribution in [0.2, 0.25) is 0 Å². The Bertz CT molecular complexity index is 3410. The van der Waals surface area contributed by atoms with E-state index in [1.807, 2.05) is 6.07 Å². The van der Waals surface area contributed by atoms with Crippen LogP contribution in [0, 0.1) is 0 Å². The van der Waals surface area contributed by atoms with Crippen molar-refractivity contribution in [2.75, 3.05) is 0 Å². The van der Waals surface area contributed by atoms with Gasteiger partial charge in [-0.25, -0.2) is 0 Å². The summed E-state index contributed by atoms with van der Waals surface area (Å²) in [4.78, 5) is 0. The second-order valence-corrected chi connectivity index (χ2v) is 19.1. The molecule has 4 heteroatoms. The number of nitrogens with zero attached hydrogens (tertiary/aromatic N) is 2. The van der Waals surface area contributed by atoms with Crippen LogP contribution in [-0.4, -0.2) is 17.2 Å². The molecule has 0 aliphatic carbocycles. The van der Waals surface area contributed by atoms with Crippen LogP contribution >= 0.6 is 0 Å². The molecular weight excluding hydrogens is 721 g/mol. The van der Waals surface area contributed by atoms with Crippen molar-refractivity contribution in [3.63, 3.8) is 0 Å². The van der Waals surface area contributed by atoms with E-state index in [2.05, 4.69) is 221 Å². The molecule has 0 saturated carbocycles. The minimum absolute atomic E-state index is 0.900. The molecule has 12 rings (SSSR count). The van der Waals surface area contributed by atoms with Gasteiger partial charge in [-0.1, -0.05) is 158 Å². The predicted molar refractivity (Wildman–Crippen MR) is 246 cm³/mol. The first-order chi connectivity index (χ1) is 28.8. The zero-order valence-corrected chi connectivity index (χ0v) is 32.6. The summed E-state index contributed by atoms with van der Waals surface area (Å²) in [5.41, 5.74) is 8.83. The highest BCUT2D eigenvalue weighted by Crippen LogP contribution is 2.38. The maximum atomic E-state index is 6.43. The number of para-hydroxylation sites is 4. The number of fused-ring (bicyclic) bond motifs is 9. The summed E-state index contributed by atoms with van der Waals surface area (Å²) in [6, 6.07) is 80.4. The van der Waals surface area contributed by atoms with E-state index in [0.29, 0.717) is 0 Å². The summed E-state index contributed by atoms with van der Waals surface area (Å²) in [6.07, 6.45) is 0. The van der Waals surface area contributed by atoms with Gasteiger partial charge in [0.15, 0.2) is 8.07 Å². The van der Waals surface area contributed by atoms with Crippen LogP contribution in [0.3, 0.4) is 0 Å². The first-order valence-corrected chi connectivity index (χ1v) is 21.9. The van der Waals surface area contributed by atoms with E-state index in [9.17, 15) is 0 Å². The largest absolute Gasteiger partial charge is 0.456 e. The van der Waals surface area contributed by atoms with Crippen LogP contribution in [-0.2, 0) is 0 Å². The molecule has 0 aliphatic rings. The van der Waals surface area contributed by atoms with Crippen molar-refractivity contribution >= 4 is 94.4 Å². The monoisotopic (exact) mass is 756 g/mol. The van der Waals surface area contributed by atoms with Gasteiger partial charge in [0.05, 0.1) is 22.1 Å². The van der Waals surface area contributed by atoms with Gasteiger partial charge >= 0.3 is 0 Å². The van der Waals surface area contributed by atoms with Gasteiger partial charge in [0.1, 0.15) is 11.2 Å². The van der Waals surface area contributed by atoms with E-state index < -0.39 is 8.07 Å². The van der Waals surface area contributed by atoms with Crippen molar-refractivity contribution in [2.45, 2.75) is 0 Å². The lowest BCUT2D eigenvalue weighted by atomic mass is 10.1. The third-order valence-electron chi connectivity index (χ3n) is 12.3. The number of hydrogen-bond acceptors (Lipinski definition) is 1. The van der Waals surface area contributed by atoms with E-state index in [0.717, 1.165) is 38.8 Å². The van der Waals surface area contributed by atoms with Crippen LogP contribution in [0.25, 0.3) is 76.9 Å². The van der Waals surface area contributed by atoms with E-state index in [4.69, 9.17) is 4.42 Å². The van der Waals surface area contributed by atoms with Gasteiger partial charge in [-0.05, 0) is 75.3 Å². The molecule has 3 aromatic heterocycles. The zero-order chi connectivity index (χ0) is 38.2. The second-order valence-electron chi connectivity index (χ2n) is 15.3. The molecule has 0 bridgehead atoms. The Hall–Kier alpha value is -7.40. The van der Waals surface area contributed by atoms with Crippen molar-refractivity contribution in [1.29, 1.82) is 0 Å². The first kappa shape index (κ1) is 32.8. The van der Waals surface area contributed by atoms with Crippen molar-refractivity contribution < 1.29 is 4.42 Å². The van der Waals surface area contributed by atoms with Crippen molar-refractivity contribution in [3.8, 4) is 11.4 Å². The van der Waals surface area contributed by atoms with Gasteiger partial charge in [-0.2, -0.15) is 0 Å². The molecule has 0 unspecified atom stereocenters. The Morgan fingerprint density at radius 1 is 0.276 bits per heavy atom. The van der Waals surface area contributed by atoms with Crippen molar-refractivity contribution in [3.05, 3.63) is 218 Å². The highest BCUT2D eigenvalue weighted by molar-refractivity contribution is 7.19. The Morgan fingerprint density at radius 3 is 1.38 bits per heavy atom. The Labute approximate surface area is 336 Å². The van der Waals surface area contributed by atoms with Gasteiger partial charge in [0.25, 0.3) is 0 Å². The quantitative estimate of drug-likeness (QED) is 0.122. The summed E-state index contributed by atoms with van der Waals surface area (Å²) < 4.78 is 11.3. The number of furan rings is 1. The molecule has 9 aromatic carbocycles. The van der Waals surface area contributed by atoms with Crippen LogP contribution in [0.5, 0.6) is 0 Å². The molecule has 0 aliphatic heterocycles. The van der Waals surface area contributed by atoms with Crippen LogP contribution < -0.4 is 20.7 Å². The average molecular weight is 757 g/mol. The predicted octanol–water partition coefficient (Wildman–Crippen LogP) is 11.2. The summed E-state index contributed by atoms with van der Waals surface area (Å²) >= 11 is 0. The molecule has 0 atom stereocenters. The number of aromatic nitrogens is 2. The van der Waals surface area contributed by atoms with Crippen molar-refractivity contribution in [1.82, 2.24) is 9.13 Å². The third-order valence-corrected chi connectivity index (χ3v) is 17.0. The van der Waals surface area contributed by atoms with E-state index in [1.165, 1.54) is 58.8 Å². The Balaban J connectivity index is 1.10. The number of benzene rings is 9. The van der Waals surface area contributed by atoms with E-state index >= 15 is 0 Å². The Kier molecular flexibility index (Phi) is 7.25. The van der Waals surface area contributed by atoms with Gasteiger partial charge in [-0.3, -0.25) is 0 Å². The summed E-state index contributed by atoms with van der Waals surface area (Å²) in [5.74, 6) is 0. The molecule has 0 fully saturated rings. The lowest BCUT2D eigenvalue weighted by Crippen LogP contribution is -2.74. The van der Waals surface area contributed by atoms with E-state index in [1.54, 1.807) is 0 Å². The molecule has 12 aromatic rings. The highest BCUT2D eigenvalue weighted by atomic mass is 28.3. The summed E-state index contributed by atoms with van der Waals surface area (Å²) in [6.45, 7) is 0. The SMILES string of the molecule is c1ccc([Si](c2ccccc2)(c2ccc(-n3c4ccccc4c4cc5c(cc43)oc3ccccc35)cc2)c2cccc(-n3c4ccccc4c4ccccc43)c2)cc1. The third kappa shape index (κ3) is 4.73. The molecule has 0 N–H and O–H groups in total. The fraction of sp³-hybridized carbons (Fsp3) is 0. The minimum Gasteiger partial charge on any atom is -0.456 e. The Morgan fingerprint density at radius 2 is 0.759 bits per heavy atom. The standard InChI is InChI=1S/C54H36N2OSi/c1-3-17-39(18-4-1)58(40-19-5-2-6-20-40,42-21-15-16-38(34-42)56-49-26-11-7-22-43(49)44-23-8-12-27-50(44)56)41-32-30-37(31-33-41)55-51-28-13-9-24-45(51)47-35-48-46-25-10-14-29-53(46)57-54(48)36-52(47)55/h1-36H. The first-order valence-electron chi connectivity index (χ1n) is 19.9. The highest BCUT2D eigenvalue weighted by Gasteiger charge is 2.41. The van der Waals surface area contributed by atoms with Crippen LogP contribution in [0.15, 0.2) is 223 Å². The average Bonchev–Trinajstić information content (AvgIpc) is 3.94. The second kappa shape index (κ2) is 12.8. The normalized spacial score (nSPS) is 12.1. The van der Waals surface area contributed by atoms with Crippen molar-refractivity contribution in [2.24, 2.45) is 0 Å². The molecule has 0 radical (unpaired) electrons. The smallest absolute Gasteiger partial charge is 0.179 e. The lowest BCUT2D eigenvalue weighted by Gasteiger charge is -2.35. The molecule has 0 amide bonds. The molecule has 58 heavy (non-hydrogen) atoms. The van der Waals surface area contributed by atoms with Gasteiger partial charge < -0.3 is 13.6 Å². The fourth-order valence-corrected chi connectivity index (χ4v) is 14.5.